The number of hydrogen-bond acceptors (Lipinski definition) is 5. The maximum Gasteiger partial charge on any atom is 0.285 e. The van der Waals surface area contributed by atoms with Crippen LogP contribution in [0.5, 0.6) is 0 Å². The highest BCUT2D eigenvalue weighted by Crippen LogP contribution is 2.22. The molecule has 7 heteroatoms. The first-order valence-electron chi connectivity index (χ1n) is 8.48. The minimum atomic E-state index is -0.266. The molecule has 4 rings (SSSR count). The number of halogens is 1. The summed E-state index contributed by atoms with van der Waals surface area (Å²) in [6, 6.07) is 19.4. The van der Waals surface area contributed by atoms with E-state index in [0.29, 0.717) is 32.5 Å². The second kappa shape index (κ2) is 7.96. The van der Waals surface area contributed by atoms with E-state index < -0.39 is 0 Å². The predicted octanol–water partition coefficient (Wildman–Crippen LogP) is 4.41. The molecule has 0 amide bonds. The highest BCUT2D eigenvalue weighted by molar-refractivity contribution is 7.99. The fourth-order valence-electron chi connectivity index (χ4n) is 2.75. The molecule has 0 atom stereocenters. The van der Waals surface area contributed by atoms with E-state index in [0.717, 1.165) is 0 Å². The number of aromatic nitrogens is 3. The van der Waals surface area contributed by atoms with E-state index in [4.69, 9.17) is 11.6 Å². The van der Waals surface area contributed by atoms with Gasteiger partial charge in [-0.25, -0.2) is 9.97 Å². The van der Waals surface area contributed by atoms with E-state index in [2.05, 4.69) is 9.97 Å². The second-order valence-corrected chi connectivity index (χ2v) is 7.34. The van der Waals surface area contributed by atoms with Crippen molar-refractivity contribution in [1.29, 1.82) is 0 Å². The van der Waals surface area contributed by atoms with Crippen LogP contribution in [0.3, 0.4) is 0 Å². The molecule has 0 aliphatic heterocycles. The highest BCUT2D eigenvalue weighted by Gasteiger charge is 2.16. The molecular weight excluding hydrogens is 394 g/mol. The fraction of sp³-hybridized carbons (Fsp3) is 0.0476. The monoisotopic (exact) mass is 407 g/mol. The highest BCUT2D eigenvalue weighted by atomic mass is 35.5. The van der Waals surface area contributed by atoms with Gasteiger partial charge in [0, 0.05) is 16.8 Å². The Balaban J connectivity index is 1.74. The van der Waals surface area contributed by atoms with Crippen molar-refractivity contribution >= 4 is 40.2 Å². The van der Waals surface area contributed by atoms with E-state index in [-0.39, 0.29) is 17.1 Å². The van der Waals surface area contributed by atoms with Crippen molar-refractivity contribution in [1.82, 2.24) is 14.5 Å². The molecule has 0 bridgehead atoms. The molecule has 0 radical (unpaired) electrons. The van der Waals surface area contributed by atoms with Gasteiger partial charge in [0.05, 0.1) is 17.0 Å². The molecule has 5 nitrogen and oxygen atoms in total. The third-order valence-electron chi connectivity index (χ3n) is 4.11. The van der Waals surface area contributed by atoms with E-state index in [1.165, 1.54) is 16.3 Å². The Morgan fingerprint density at radius 3 is 2.50 bits per heavy atom. The summed E-state index contributed by atoms with van der Waals surface area (Å²) in [7, 11) is 0. The number of fused-ring (bicyclic) bond motifs is 1. The molecule has 0 N–H and O–H groups in total. The number of hydrogen-bond donors (Lipinski definition) is 0. The number of Topliss-reactive ketones (excluding diaryl/α,β-unsaturated/α-hetero) is 1. The summed E-state index contributed by atoms with van der Waals surface area (Å²) >= 11 is 7.10. The minimum absolute atomic E-state index is 0.0678. The number of ketones is 1. The van der Waals surface area contributed by atoms with Crippen molar-refractivity contribution in [3.63, 3.8) is 0 Å². The molecule has 28 heavy (non-hydrogen) atoms. The predicted molar refractivity (Wildman–Crippen MR) is 112 cm³/mol. The lowest BCUT2D eigenvalue weighted by Crippen LogP contribution is -2.23. The van der Waals surface area contributed by atoms with Gasteiger partial charge in [-0.05, 0) is 48.5 Å². The standard InChI is InChI=1S/C21H14ClN3O2S/c22-15-10-8-14(9-11-15)18(26)13-28-21-24-17-7-4-12-23-19(17)20(27)25(21)16-5-2-1-3-6-16/h1-12H,13H2. The average molecular weight is 408 g/mol. The van der Waals surface area contributed by atoms with Gasteiger partial charge < -0.3 is 0 Å². The van der Waals surface area contributed by atoms with Crippen LogP contribution in [0.2, 0.25) is 5.02 Å². The molecule has 2 heterocycles. The van der Waals surface area contributed by atoms with E-state index in [1.807, 2.05) is 30.3 Å². The van der Waals surface area contributed by atoms with Crippen LogP contribution in [-0.2, 0) is 0 Å². The second-order valence-electron chi connectivity index (χ2n) is 5.96. The van der Waals surface area contributed by atoms with Crippen LogP contribution in [0.1, 0.15) is 10.4 Å². The van der Waals surface area contributed by atoms with Crippen molar-refractivity contribution in [2.24, 2.45) is 0 Å². The summed E-state index contributed by atoms with van der Waals surface area (Å²) in [6.45, 7) is 0. The van der Waals surface area contributed by atoms with Gasteiger partial charge in [-0.15, -0.1) is 0 Å². The Labute approximate surface area is 170 Å². The topological polar surface area (TPSA) is 64.8 Å². The lowest BCUT2D eigenvalue weighted by Gasteiger charge is -2.12. The van der Waals surface area contributed by atoms with Crippen molar-refractivity contribution in [3.8, 4) is 5.69 Å². The van der Waals surface area contributed by atoms with Crippen LogP contribution in [-0.4, -0.2) is 26.1 Å². The molecule has 0 fully saturated rings. The summed E-state index contributed by atoms with van der Waals surface area (Å²) in [5, 5.41) is 1.02. The van der Waals surface area contributed by atoms with Crippen molar-refractivity contribution in [2.45, 2.75) is 5.16 Å². The molecule has 0 aliphatic carbocycles. The Hall–Kier alpha value is -2.96. The quantitative estimate of drug-likeness (QED) is 0.278. The van der Waals surface area contributed by atoms with Crippen LogP contribution in [0.15, 0.2) is 82.9 Å². The zero-order chi connectivity index (χ0) is 19.5. The number of para-hydroxylation sites is 1. The molecule has 0 saturated carbocycles. The number of pyridine rings is 1. The number of benzene rings is 2. The normalized spacial score (nSPS) is 10.9. The Kier molecular flexibility index (Phi) is 5.23. The van der Waals surface area contributed by atoms with Crippen molar-refractivity contribution in [3.05, 3.63) is 93.9 Å². The maximum absolute atomic E-state index is 13.0. The summed E-state index contributed by atoms with van der Waals surface area (Å²) in [5.74, 6) is 0.0777. The zero-order valence-electron chi connectivity index (χ0n) is 14.6. The molecule has 0 saturated heterocycles. The van der Waals surface area contributed by atoms with Crippen LogP contribution in [0.25, 0.3) is 16.7 Å². The molecule has 138 valence electrons. The molecule has 0 unspecified atom stereocenters. The van der Waals surface area contributed by atoms with Gasteiger partial charge in [-0.1, -0.05) is 41.6 Å². The molecular formula is C21H14ClN3O2S. The first-order chi connectivity index (χ1) is 13.6. The molecule has 4 aromatic rings. The zero-order valence-corrected chi connectivity index (χ0v) is 16.2. The lowest BCUT2D eigenvalue weighted by atomic mass is 10.1. The third kappa shape index (κ3) is 3.69. The number of carbonyl (C=O) groups excluding carboxylic acids is 1. The Morgan fingerprint density at radius 1 is 1.00 bits per heavy atom. The van der Waals surface area contributed by atoms with Crippen molar-refractivity contribution < 1.29 is 4.79 Å². The number of nitrogens with zero attached hydrogens (tertiary/aromatic N) is 3. The Morgan fingerprint density at radius 2 is 1.75 bits per heavy atom. The fourth-order valence-corrected chi connectivity index (χ4v) is 3.78. The lowest BCUT2D eigenvalue weighted by molar-refractivity contribution is 0.102. The van der Waals surface area contributed by atoms with Gasteiger partial charge in [-0.3, -0.25) is 14.2 Å². The van der Waals surface area contributed by atoms with E-state index >= 15 is 0 Å². The van der Waals surface area contributed by atoms with Gasteiger partial charge >= 0.3 is 0 Å². The number of carbonyl (C=O) groups is 1. The number of thioether (sulfide) groups is 1. The van der Waals surface area contributed by atoms with Gasteiger partial charge in [0.2, 0.25) is 0 Å². The van der Waals surface area contributed by atoms with Gasteiger partial charge in [0.25, 0.3) is 5.56 Å². The smallest absolute Gasteiger partial charge is 0.285 e. The van der Waals surface area contributed by atoms with E-state index in [1.54, 1.807) is 42.6 Å². The molecule has 2 aromatic carbocycles. The summed E-state index contributed by atoms with van der Waals surface area (Å²) in [6.07, 6.45) is 1.57. The van der Waals surface area contributed by atoms with E-state index in [9.17, 15) is 9.59 Å². The first kappa shape index (κ1) is 18.4. The maximum atomic E-state index is 13.0. The van der Waals surface area contributed by atoms with Gasteiger partial charge in [0.1, 0.15) is 0 Å². The first-order valence-corrected chi connectivity index (χ1v) is 9.84. The minimum Gasteiger partial charge on any atom is -0.293 e. The largest absolute Gasteiger partial charge is 0.293 e. The SMILES string of the molecule is O=C(CSc1nc2cccnc2c(=O)n1-c1ccccc1)c1ccc(Cl)cc1. The molecule has 2 aromatic heterocycles. The van der Waals surface area contributed by atoms with Crippen LogP contribution < -0.4 is 5.56 Å². The molecule has 0 spiro atoms. The average Bonchev–Trinajstić information content (AvgIpc) is 2.73. The summed E-state index contributed by atoms with van der Waals surface area (Å²) in [4.78, 5) is 34.3. The summed E-state index contributed by atoms with van der Waals surface area (Å²) < 4.78 is 1.50. The van der Waals surface area contributed by atoms with Crippen LogP contribution in [0.4, 0.5) is 0 Å². The van der Waals surface area contributed by atoms with Gasteiger partial charge in [-0.2, -0.15) is 0 Å². The third-order valence-corrected chi connectivity index (χ3v) is 5.30. The van der Waals surface area contributed by atoms with Gasteiger partial charge in [0.15, 0.2) is 16.5 Å². The molecule has 0 aliphatic rings. The number of rotatable bonds is 5. The van der Waals surface area contributed by atoms with Crippen molar-refractivity contribution in [2.75, 3.05) is 5.75 Å². The Bertz CT molecular complexity index is 1210. The van der Waals surface area contributed by atoms with Crippen LogP contribution in [0, 0.1) is 0 Å². The van der Waals surface area contributed by atoms with Crippen LogP contribution >= 0.6 is 23.4 Å². The summed E-state index contributed by atoms with van der Waals surface area (Å²) in [5.41, 5.74) is 1.76.